The number of imide groups is 1. The van der Waals surface area contributed by atoms with Gasteiger partial charge in [0.1, 0.15) is 0 Å². The minimum Gasteiger partial charge on any atom is -0.392 e. The fraction of sp³-hybridized carbons (Fsp3) is 0.231. The van der Waals surface area contributed by atoms with Gasteiger partial charge >= 0.3 is 0 Å². The zero-order valence-corrected chi connectivity index (χ0v) is 18.4. The van der Waals surface area contributed by atoms with Crippen molar-refractivity contribution in [3.63, 3.8) is 0 Å². The number of aliphatic hydroxyl groups is 2. The number of nitrogens with zero attached hydrogens (tertiary/aromatic N) is 2. The summed E-state index contributed by atoms with van der Waals surface area (Å²) in [6.45, 7) is 4.16. The van der Waals surface area contributed by atoms with Crippen molar-refractivity contribution in [2.75, 3.05) is 0 Å². The lowest BCUT2D eigenvalue weighted by Gasteiger charge is -2.07. The van der Waals surface area contributed by atoms with Crippen LogP contribution in [0.5, 0.6) is 0 Å². The number of carbonyl (C=O) groups is 2. The van der Waals surface area contributed by atoms with E-state index in [1.807, 2.05) is 70.1 Å². The van der Waals surface area contributed by atoms with Gasteiger partial charge in [-0.25, -0.2) is 0 Å². The summed E-state index contributed by atoms with van der Waals surface area (Å²) in [5.74, 6) is -0.885. The Kier molecular flexibility index (Phi) is 5.15. The second kappa shape index (κ2) is 8.03. The van der Waals surface area contributed by atoms with Crippen molar-refractivity contribution in [3.8, 4) is 0 Å². The second-order valence-electron chi connectivity index (χ2n) is 8.66. The van der Waals surface area contributed by atoms with E-state index >= 15 is 0 Å². The number of rotatable bonds is 6. The lowest BCUT2D eigenvalue weighted by Crippen LogP contribution is -2.22. The fourth-order valence-electron chi connectivity index (χ4n) is 4.73. The highest BCUT2D eigenvalue weighted by atomic mass is 16.3. The normalized spacial score (nSPS) is 16.1. The van der Waals surface area contributed by atoms with Crippen LogP contribution in [-0.4, -0.2) is 43.4 Å². The zero-order chi connectivity index (χ0) is 23.3. The number of carbonyl (C=O) groups excluding carboxylic acids is 2. The molecule has 5 rings (SSSR count). The Morgan fingerprint density at radius 2 is 1.12 bits per heavy atom. The van der Waals surface area contributed by atoms with Crippen LogP contribution in [0, 0.1) is 0 Å². The molecule has 0 fully saturated rings. The monoisotopic (exact) mass is 443 g/mol. The third-order valence-corrected chi connectivity index (χ3v) is 5.97. The molecule has 0 saturated heterocycles. The Morgan fingerprint density at radius 3 is 1.52 bits per heavy atom. The molecule has 3 heterocycles. The van der Waals surface area contributed by atoms with Gasteiger partial charge in [-0.15, -0.1) is 0 Å². The summed E-state index contributed by atoms with van der Waals surface area (Å²) in [4.78, 5) is 26.1. The fourth-order valence-corrected chi connectivity index (χ4v) is 4.73. The average molecular weight is 444 g/mol. The summed E-state index contributed by atoms with van der Waals surface area (Å²) in [6.07, 6.45) is 2.53. The molecule has 2 amide bonds. The van der Waals surface area contributed by atoms with Gasteiger partial charge in [-0.1, -0.05) is 36.4 Å². The average Bonchev–Trinajstić information content (AvgIpc) is 3.39. The number of aromatic nitrogens is 2. The van der Waals surface area contributed by atoms with Gasteiger partial charge in [0.15, 0.2) is 0 Å². The highest BCUT2D eigenvalue weighted by Gasteiger charge is 2.35. The molecule has 7 heteroatoms. The van der Waals surface area contributed by atoms with Crippen LogP contribution in [-0.2, 0) is 22.7 Å². The molecule has 168 valence electrons. The van der Waals surface area contributed by atoms with Crippen molar-refractivity contribution in [1.82, 2.24) is 14.5 Å². The van der Waals surface area contributed by atoms with Crippen LogP contribution in [0.4, 0.5) is 0 Å². The molecule has 0 spiro atoms. The Bertz CT molecular complexity index is 1330. The molecule has 2 aromatic carbocycles. The van der Waals surface area contributed by atoms with Gasteiger partial charge in [-0.3, -0.25) is 14.9 Å². The van der Waals surface area contributed by atoms with E-state index in [4.69, 9.17) is 0 Å². The molecular formula is C26H25N3O4. The van der Waals surface area contributed by atoms with Gasteiger partial charge in [0.05, 0.1) is 23.4 Å². The minimum absolute atomic E-state index is 0.320. The molecule has 0 radical (unpaired) electrons. The van der Waals surface area contributed by atoms with Crippen LogP contribution in [0.25, 0.3) is 33.0 Å². The van der Waals surface area contributed by atoms with Gasteiger partial charge in [0.25, 0.3) is 11.8 Å². The minimum atomic E-state index is -0.570. The van der Waals surface area contributed by atoms with E-state index in [2.05, 4.69) is 5.32 Å². The molecule has 2 unspecified atom stereocenters. The molecule has 1 aliphatic rings. The topological polar surface area (TPSA) is 96.5 Å². The van der Waals surface area contributed by atoms with Crippen molar-refractivity contribution in [1.29, 1.82) is 0 Å². The van der Waals surface area contributed by atoms with E-state index in [9.17, 15) is 19.8 Å². The number of para-hydroxylation sites is 2. The molecule has 2 aromatic heterocycles. The summed E-state index contributed by atoms with van der Waals surface area (Å²) in [7, 11) is 0. The molecule has 33 heavy (non-hydrogen) atoms. The molecule has 0 saturated carbocycles. The summed E-state index contributed by atoms with van der Waals surface area (Å²) in [5.41, 5.74) is 3.70. The Balaban J connectivity index is 1.80. The van der Waals surface area contributed by atoms with Gasteiger partial charge in [-0.05, 0) is 26.0 Å². The number of fused-ring (bicyclic) bond motifs is 2. The zero-order valence-electron chi connectivity index (χ0n) is 18.4. The van der Waals surface area contributed by atoms with E-state index < -0.39 is 24.0 Å². The number of nitrogens with one attached hydrogen (secondary N) is 1. The van der Waals surface area contributed by atoms with Crippen molar-refractivity contribution in [2.45, 2.75) is 39.1 Å². The second-order valence-corrected chi connectivity index (χ2v) is 8.66. The predicted octanol–water partition coefficient (Wildman–Crippen LogP) is 2.92. The third-order valence-electron chi connectivity index (χ3n) is 5.97. The number of benzene rings is 2. The van der Waals surface area contributed by atoms with Gasteiger partial charge < -0.3 is 19.3 Å². The summed E-state index contributed by atoms with van der Waals surface area (Å²) < 4.78 is 3.82. The Morgan fingerprint density at radius 1 is 0.727 bits per heavy atom. The SMILES string of the molecule is CC(O)Cn1cc(C2=C(c3cn(CC(C)O)c4ccccc34)C(=O)NC2=O)c2ccccc21. The maximum Gasteiger partial charge on any atom is 0.259 e. The lowest BCUT2D eigenvalue weighted by molar-refractivity contribution is -0.122. The van der Waals surface area contributed by atoms with E-state index in [0.717, 1.165) is 21.8 Å². The summed E-state index contributed by atoms with van der Waals surface area (Å²) >= 11 is 0. The first-order valence-electron chi connectivity index (χ1n) is 11.0. The number of hydrogen-bond donors (Lipinski definition) is 3. The summed E-state index contributed by atoms with van der Waals surface area (Å²) in [6, 6.07) is 15.3. The molecule has 7 nitrogen and oxygen atoms in total. The molecule has 0 aliphatic carbocycles. The van der Waals surface area contributed by atoms with Crippen LogP contribution in [0.15, 0.2) is 60.9 Å². The van der Waals surface area contributed by atoms with Crippen LogP contribution >= 0.6 is 0 Å². The standard InChI is InChI=1S/C26H25N3O4/c1-15(30)11-28-13-19(17-7-3-5-9-21(17)28)23-24(26(33)27-25(23)32)20-14-29(12-16(2)31)22-10-6-4-8-18(20)22/h3-10,13-16,30-31H,11-12H2,1-2H3,(H,27,32,33). The Labute approximate surface area is 190 Å². The maximum atomic E-state index is 13.1. The van der Waals surface area contributed by atoms with Crippen LogP contribution < -0.4 is 5.32 Å². The van der Waals surface area contributed by atoms with E-state index in [0.29, 0.717) is 35.4 Å². The summed E-state index contributed by atoms with van der Waals surface area (Å²) in [5, 5.41) is 24.1. The first-order chi connectivity index (χ1) is 15.8. The number of hydrogen-bond acceptors (Lipinski definition) is 4. The van der Waals surface area contributed by atoms with Gasteiger partial charge in [-0.2, -0.15) is 0 Å². The predicted molar refractivity (Wildman–Crippen MR) is 127 cm³/mol. The first kappa shape index (κ1) is 21.2. The molecular weight excluding hydrogens is 418 g/mol. The van der Waals surface area contributed by atoms with Crippen LogP contribution in [0.2, 0.25) is 0 Å². The smallest absolute Gasteiger partial charge is 0.259 e. The first-order valence-corrected chi connectivity index (χ1v) is 11.0. The lowest BCUT2D eigenvalue weighted by atomic mass is 9.95. The largest absolute Gasteiger partial charge is 0.392 e. The number of amides is 2. The Hall–Kier alpha value is -3.68. The highest BCUT2D eigenvalue weighted by molar-refractivity contribution is 6.50. The number of aliphatic hydroxyl groups excluding tert-OH is 2. The van der Waals surface area contributed by atoms with E-state index in [-0.39, 0.29) is 0 Å². The van der Waals surface area contributed by atoms with Crippen LogP contribution in [0.1, 0.15) is 25.0 Å². The van der Waals surface area contributed by atoms with Crippen molar-refractivity contribution >= 4 is 44.8 Å². The van der Waals surface area contributed by atoms with E-state index in [1.54, 1.807) is 13.8 Å². The molecule has 4 aromatic rings. The quantitative estimate of drug-likeness (QED) is 0.399. The highest BCUT2D eigenvalue weighted by Crippen LogP contribution is 2.39. The molecule has 1 aliphatic heterocycles. The molecule has 3 N–H and O–H groups in total. The van der Waals surface area contributed by atoms with Crippen molar-refractivity contribution < 1.29 is 19.8 Å². The molecule has 2 atom stereocenters. The van der Waals surface area contributed by atoms with E-state index in [1.165, 1.54) is 0 Å². The van der Waals surface area contributed by atoms with Crippen molar-refractivity contribution in [3.05, 3.63) is 72.1 Å². The van der Waals surface area contributed by atoms with Gasteiger partial charge in [0, 0.05) is 58.4 Å². The van der Waals surface area contributed by atoms with Crippen molar-refractivity contribution in [2.24, 2.45) is 0 Å². The van der Waals surface area contributed by atoms with Gasteiger partial charge in [0.2, 0.25) is 0 Å². The van der Waals surface area contributed by atoms with Crippen LogP contribution in [0.3, 0.4) is 0 Å². The maximum absolute atomic E-state index is 13.1. The third kappa shape index (κ3) is 3.55. The molecule has 0 bridgehead atoms.